The molecule has 0 spiro atoms. The standard InChI is InChI=1S/C24H33N5O3S/c1-4-28(5-2)22-10-8-21(9-11-22)18-25-26-24(30)19-27-14-16-29(17-15-27)33(31,32)23-12-6-20(3)7-13-23/h6-13,18H,4-5,14-17,19H2,1-3H3,(H,26,30)/b25-18-. The fraction of sp³-hybridized carbons (Fsp3) is 0.417. The van der Waals surface area contributed by atoms with E-state index in [1.54, 1.807) is 30.5 Å². The SMILES string of the molecule is CCN(CC)c1ccc(/C=N\NC(=O)CN2CCN(S(=O)(=O)c3ccc(C)cc3)CC2)cc1. The predicted molar refractivity (Wildman–Crippen MR) is 132 cm³/mol. The molecule has 1 N–H and O–H groups in total. The highest BCUT2D eigenvalue weighted by Crippen LogP contribution is 2.18. The van der Waals surface area contributed by atoms with Crippen molar-refractivity contribution >= 4 is 27.8 Å². The second kappa shape index (κ2) is 11.4. The maximum Gasteiger partial charge on any atom is 0.254 e. The predicted octanol–water partition coefficient (Wildman–Crippen LogP) is 2.30. The van der Waals surface area contributed by atoms with Gasteiger partial charge in [0.2, 0.25) is 10.0 Å². The van der Waals surface area contributed by atoms with Crippen molar-refractivity contribution in [3.8, 4) is 0 Å². The van der Waals surface area contributed by atoms with E-state index in [1.165, 1.54) is 4.31 Å². The average molecular weight is 472 g/mol. The molecule has 178 valence electrons. The Morgan fingerprint density at radius 3 is 2.18 bits per heavy atom. The van der Waals surface area contributed by atoms with Gasteiger partial charge in [-0.1, -0.05) is 29.8 Å². The lowest BCUT2D eigenvalue weighted by Crippen LogP contribution is -2.50. The lowest BCUT2D eigenvalue weighted by Gasteiger charge is -2.33. The van der Waals surface area contributed by atoms with E-state index in [-0.39, 0.29) is 12.5 Å². The maximum absolute atomic E-state index is 12.8. The van der Waals surface area contributed by atoms with Gasteiger partial charge in [-0.3, -0.25) is 9.69 Å². The first kappa shape index (κ1) is 24.9. The Bertz CT molecular complexity index is 1040. The van der Waals surface area contributed by atoms with E-state index in [0.717, 1.165) is 29.9 Å². The third kappa shape index (κ3) is 6.63. The molecule has 1 saturated heterocycles. The first-order valence-corrected chi connectivity index (χ1v) is 12.7. The van der Waals surface area contributed by atoms with Crippen molar-refractivity contribution in [1.29, 1.82) is 0 Å². The molecule has 1 heterocycles. The molecule has 0 aliphatic carbocycles. The molecule has 0 unspecified atom stereocenters. The highest BCUT2D eigenvalue weighted by Gasteiger charge is 2.28. The van der Waals surface area contributed by atoms with Crippen LogP contribution < -0.4 is 10.3 Å². The van der Waals surface area contributed by atoms with E-state index >= 15 is 0 Å². The van der Waals surface area contributed by atoms with E-state index in [4.69, 9.17) is 0 Å². The summed E-state index contributed by atoms with van der Waals surface area (Å²) in [6.07, 6.45) is 1.62. The number of nitrogens with one attached hydrogen (secondary N) is 1. The van der Waals surface area contributed by atoms with Crippen molar-refractivity contribution in [3.05, 3.63) is 59.7 Å². The number of anilines is 1. The molecule has 0 atom stereocenters. The number of nitrogens with zero attached hydrogens (tertiary/aromatic N) is 4. The summed E-state index contributed by atoms with van der Waals surface area (Å²) in [6, 6.07) is 14.9. The number of carbonyl (C=O) groups excluding carboxylic acids is 1. The van der Waals surface area contributed by atoms with Crippen LogP contribution in [-0.4, -0.2) is 75.6 Å². The van der Waals surface area contributed by atoms with E-state index in [2.05, 4.69) is 29.3 Å². The molecular formula is C24H33N5O3S. The van der Waals surface area contributed by atoms with E-state index in [9.17, 15) is 13.2 Å². The van der Waals surface area contributed by atoms with Crippen LogP contribution in [0.1, 0.15) is 25.0 Å². The number of amides is 1. The van der Waals surface area contributed by atoms with Crippen LogP contribution in [0.3, 0.4) is 0 Å². The summed E-state index contributed by atoms with van der Waals surface area (Å²) in [5, 5.41) is 4.05. The molecule has 0 bridgehead atoms. The summed E-state index contributed by atoms with van der Waals surface area (Å²) in [7, 11) is -3.51. The second-order valence-corrected chi connectivity index (χ2v) is 9.99. The third-order valence-electron chi connectivity index (χ3n) is 5.78. The number of hydrazone groups is 1. The van der Waals surface area contributed by atoms with Crippen molar-refractivity contribution in [1.82, 2.24) is 14.6 Å². The quantitative estimate of drug-likeness (QED) is 0.448. The van der Waals surface area contributed by atoms with Crippen molar-refractivity contribution in [2.45, 2.75) is 25.7 Å². The van der Waals surface area contributed by atoms with Crippen LogP contribution in [-0.2, 0) is 14.8 Å². The van der Waals surface area contributed by atoms with Crippen molar-refractivity contribution in [3.63, 3.8) is 0 Å². The van der Waals surface area contributed by atoms with Gasteiger partial charge < -0.3 is 4.90 Å². The lowest BCUT2D eigenvalue weighted by atomic mass is 10.2. The molecule has 2 aromatic rings. The van der Waals surface area contributed by atoms with Crippen LogP contribution >= 0.6 is 0 Å². The van der Waals surface area contributed by atoms with Gasteiger partial charge in [-0.25, -0.2) is 13.8 Å². The summed E-state index contributed by atoms with van der Waals surface area (Å²) >= 11 is 0. The normalized spacial score (nSPS) is 15.6. The number of rotatable bonds is 9. The summed E-state index contributed by atoms with van der Waals surface area (Å²) in [6.45, 7) is 9.94. The first-order chi connectivity index (χ1) is 15.8. The lowest BCUT2D eigenvalue weighted by molar-refractivity contribution is -0.122. The number of hydrogen-bond acceptors (Lipinski definition) is 6. The topological polar surface area (TPSA) is 85.3 Å². The molecule has 8 nitrogen and oxygen atoms in total. The minimum atomic E-state index is -3.51. The molecule has 1 aliphatic heterocycles. The minimum Gasteiger partial charge on any atom is -0.372 e. The van der Waals surface area contributed by atoms with Crippen LogP contribution in [0.5, 0.6) is 0 Å². The van der Waals surface area contributed by atoms with Gasteiger partial charge in [-0.05, 0) is 50.6 Å². The smallest absolute Gasteiger partial charge is 0.254 e. The fourth-order valence-electron chi connectivity index (χ4n) is 3.76. The van der Waals surface area contributed by atoms with Gasteiger partial charge in [0.1, 0.15) is 0 Å². The third-order valence-corrected chi connectivity index (χ3v) is 7.69. The summed E-state index contributed by atoms with van der Waals surface area (Å²) < 4.78 is 27.1. The number of carbonyl (C=O) groups is 1. The van der Waals surface area contributed by atoms with Crippen molar-refractivity contribution in [2.24, 2.45) is 5.10 Å². The number of sulfonamides is 1. The molecule has 33 heavy (non-hydrogen) atoms. The Kier molecular flexibility index (Phi) is 8.60. The van der Waals surface area contributed by atoms with Crippen LogP contribution in [0.2, 0.25) is 0 Å². The monoisotopic (exact) mass is 471 g/mol. The molecule has 0 saturated carbocycles. The Labute approximate surface area is 196 Å². The fourth-order valence-corrected chi connectivity index (χ4v) is 5.19. The Hall–Kier alpha value is -2.75. The molecule has 1 fully saturated rings. The molecular weight excluding hydrogens is 438 g/mol. The van der Waals surface area contributed by atoms with Crippen LogP contribution in [0.15, 0.2) is 58.5 Å². The van der Waals surface area contributed by atoms with E-state index in [1.807, 2.05) is 36.1 Å². The van der Waals surface area contributed by atoms with E-state index < -0.39 is 10.0 Å². The zero-order valence-electron chi connectivity index (χ0n) is 19.6. The van der Waals surface area contributed by atoms with Gasteiger partial charge >= 0.3 is 0 Å². The zero-order chi connectivity index (χ0) is 23.8. The van der Waals surface area contributed by atoms with Gasteiger partial charge in [0.15, 0.2) is 0 Å². The molecule has 9 heteroatoms. The minimum absolute atomic E-state index is 0.177. The number of aryl methyl sites for hydroxylation is 1. The summed E-state index contributed by atoms with van der Waals surface area (Å²) in [4.78, 5) is 16.7. The molecule has 1 aliphatic rings. The van der Waals surface area contributed by atoms with E-state index in [0.29, 0.717) is 31.1 Å². The second-order valence-electron chi connectivity index (χ2n) is 8.05. The molecule has 0 radical (unpaired) electrons. The van der Waals surface area contributed by atoms with Gasteiger partial charge in [0, 0.05) is 45.0 Å². The number of benzene rings is 2. The Balaban J connectivity index is 1.45. The maximum atomic E-state index is 12.8. The average Bonchev–Trinajstić information content (AvgIpc) is 2.81. The molecule has 0 aromatic heterocycles. The van der Waals surface area contributed by atoms with Crippen LogP contribution in [0.4, 0.5) is 5.69 Å². The highest BCUT2D eigenvalue weighted by atomic mass is 32.2. The van der Waals surface area contributed by atoms with Crippen molar-refractivity contribution < 1.29 is 13.2 Å². The Morgan fingerprint density at radius 1 is 1.00 bits per heavy atom. The Morgan fingerprint density at radius 2 is 1.61 bits per heavy atom. The van der Waals surface area contributed by atoms with Crippen molar-refractivity contribution in [2.75, 3.05) is 50.7 Å². The van der Waals surface area contributed by atoms with Gasteiger partial charge in [-0.2, -0.15) is 9.41 Å². The molecule has 2 aromatic carbocycles. The zero-order valence-corrected chi connectivity index (χ0v) is 20.4. The van der Waals surface area contributed by atoms with Crippen LogP contribution in [0.25, 0.3) is 0 Å². The molecule has 1 amide bonds. The van der Waals surface area contributed by atoms with Gasteiger partial charge in [-0.15, -0.1) is 0 Å². The summed E-state index contributed by atoms with van der Waals surface area (Å²) in [5.41, 5.74) is 5.64. The first-order valence-electron chi connectivity index (χ1n) is 11.3. The largest absolute Gasteiger partial charge is 0.372 e. The number of hydrogen-bond donors (Lipinski definition) is 1. The summed E-state index contributed by atoms with van der Waals surface area (Å²) in [5.74, 6) is -0.221. The number of piperazine rings is 1. The van der Waals surface area contributed by atoms with Gasteiger partial charge in [0.25, 0.3) is 5.91 Å². The van der Waals surface area contributed by atoms with Crippen LogP contribution in [0, 0.1) is 6.92 Å². The highest BCUT2D eigenvalue weighted by molar-refractivity contribution is 7.89. The van der Waals surface area contributed by atoms with Gasteiger partial charge in [0.05, 0.1) is 17.7 Å². The molecule has 3 rings (SSSR count).